The number of urea groups is 2. The SMILES string of the molecule is O=C(NCCCNC(=O)NSCCSCc1ncccc1O)NSCCSCc1ncccc1O. The average molecular weight is 559 g/mol. The van der Waals surface area contributed by atoms with Crippen LogP contribution in [0.5, 0.6) is 11.5 Å². The number of thioether (sulfide) groups is 2. The summed E-state index contributed by atoms with van der Waals surface area (Å²) in [5.74, 6) is 4.72. The van der Waals surface area contributed by atoms with Gasteiger partial charge in [0.15, 0.2) is 0 Å². The van der Waals surface area contributed by atoms with Crippen LogP contribution in [-0.2, 0) is 11.5 Å². The zero-order valence-corrected chi connectivity index (χ0v) is 22.3. The minimum Gasteiger partial charge on any atom is -0.506 e. The maximum absolute atomic E-state index is 11.8. The summed E-state index contributed by atoms with van der Waals surface area (Å²) in [7, 11) is 0. The molecule has 35 heavy (non-hydrogen) atoms. The molecule has 0 aliphatic heterocycles. The van der Waals surface area contributed by atoms with E-state index in [0.29, 0.717) is 42.4 Å². The van der Waals surface area contributed by atoms with E-state index < -0.39 is 0 Å². The van der Waals surface area contributed by atoms with E-state index in [1.165, 1.54) is 23.9 Å². The fourth-order valence-electron chi connectivity index (χ4n) is 2.42. The monoisotopic (exact) mass is 558 g/mol. The number of rotatable bonds is 16. The summed E-state index contributed by atoms with van der Waals surface area (Å²) in [6.07, 6.45) is 3.92. The van der Waals surface area contributed by atoms with E-state index in [-0.39, 0.29) is 23.6 Å². The standard InChI is InChI=1S/C21H30N6O4S4/c28-18-4-1-6-22-16(18)14-32-10-12-34-26-20(30)24-8-3-9-25-21(31)27-35-13-11-33-15-17-19(29)5-2-7-23-17/h1-2,4-7,28-29H,3,8-15H2,(H2,24,26,30)(H2,25,27,31). The molecular weight excluding hydrogens is 529 g/mol. The molecular formula is C21H30N6O4S4. The second-order valence-electron chi connectivity index (χ2n) is 6.81. The Labute approximate surface area is 222 Å². The molecule has 4 amide bonds. The van der Waals surface area contributed by atoms with Crippen molar-refractivity contribution in [3.8, 4) is 11.5 Å². The van der Waals surface area contributed by atoms with Gasteiger partial charge in [0.05, 0.1) is 11.4 Å². The highest BCUT2D eigenvalue weighted by Gasteiger charge is 2.04. The number of aromatic hydroxyl groups is 2. The Hall–Kier alpha value is -2.16. The third-order valence-corrected chi connectivity index (χ3v) is 8.06. The number of carbonyl (C=O) groups excluding carboxylic acids is 2. The molecule has 192 valence electrons. The van der Waals surface area contributed by atoms with Crippen LogP contribution in [0.15, 0.2) is 36.7 Å². The van der Waals surface area contributed by atoms with Crippen molar-refractivity contribution in [2.75, 3.05) is 36.1 Å². The summed E-state index contributed by atoms with van der Waals surface area (Å²) in [6.45, 7) is 0.898. The van der Waals surface area contributed by atoms with Gasteiger partial charge in [-0.1, -0.05) is 0 Å². The van der Waals surface area contributed by atoms with Gasteiger partial charge in [0.2, 0.25) is 0 Å². The van der Waals surface area contributed by atoms with Gasteiger partial charge in [-0.05, 0) is 54.6 Å². The minimum atomic E-state index is -0.265. The number of nitrogens with zero attached hydrogens (tertiary/aromatic N) is 2. The van der Waals surface area contributed by atoms with Crippen molar-refractivity contribution < 1.29 is 19.8 Å². The van der Waals surface area contributed by atoms with Crippen LogP contribution in [0.2, 0.25) is 0 Å². The lowest BCUT2D eigenvalue weighted by molar-refractivity contribution is 0.245. The first-order chi connectivity index (χ1) is 17.1. The molecule has 0 saturated heterocycles. The van der Waals surface area contributed by atoms with Crippen LogP contribution in [-0.4, -0.2) is 68.3 Å². The van der Waals surface area contributed by atoms with Crippen LogP contribution < -0.4 is 20.1 Å². The molecule has 0 aliphatic carbocycles. The quantitative estimate of drug-likeness (QED) is 0.134. The molecule has 0 saturated carbocycles. The van der Waals surface area contributed by atoms with Crippen LogP contribution in [0.1, 0.15) is 17.8 Å². The summed E-state index contributed by atoms with van der Waals surface area (Å²) in [5.41, 5.74) is 1.32. The van der Waals surface area contributed by atoms with Crippen LogP contribution in [0, 0.1) is 0 Å². The lowest BCUT2D eigenvalue weighted by Gasteiger charge is -2.09. The predicted octanol–water partition coefficient (Wildman–Crippen LogP) is 3.34. The van der Waals surface area contributed by atoms with Crippen molar-refractivity contribution in [1.29, 1.82) is 0 Å². The molecule has 2 aromatic rings. The highest BCUT2D eigenvalue weighted by molar-refractivity contribution is 8.02. The molecule has 14 heteroatoms. The van der Waals surface area contributed by atoms with E-state index in [1.54, 1.807) is 60.2 Å². The van der Waals surface area contributed by atoms with Crippen molar-refractivity contribution in [3.63, 3.8) is 0 Å². The minimum absolute atomic E-state index is 0.199. The van der Waals surface area contributed by atoms with Gasteiger partial charge in [0, 0.05) is 60.0 Å². The van der Waals surface area contributed by atoms with Crippen LogP contribution in [0.4, 0.5) is 9.59 Å². The largest absolute Gasteiger partial charge is 0.506 e. The Morgan fingerprint density at radius 2 is 1.20 bits per heavy atom. The lowest BCUT2D eigenvalue weighted by Crippen LogP contribution is -2.36. The maximum atomic E-state index is 11.8. The molecule has 0 spiro atoms. The fraction of sp³-hybridized carbons (Fsp3) is 0.429. The van der Waals surface area contributed by atoms with Crippen LogP contribution >= 0.6 is 47.4 Å². The Balaban J connectivity index is 1.35. The van der Waals surface area contributed by atoms with Crippen LogP contribution in [0.25, 0.3) is 0 Å². The van der Waals surface area contributed by atoms with E-state index in [1.807, 2.05) is 0 Å². The second kappa shape index (κ2) is 18.2. The van der Waals surface area contributed by atoms with Gasteiger partial charge in [-0.25, -0.2) is 9.59 Å². The summed E-state index contributed by atoms with van der Waals surface area (Å²) in [6, 6.07) is 6.08. The van der Waals surface area contributed by atoms with Gasteiger partial charge < -0.3 is 20.8 Å². The molecule has 2 heterocycles. The molecule has 0 radical (unpaired) electrons. The third-order valence-electron chi connectivity index (χ3n) is 4.12. The highest BCUT2D eigenvalue weighted by Crippen LogP contribution is 2.20. The molecule has 0 unspecified atom stereocenters. The summed E-state index contributed by atoms with van der Waals surface area (Å²) in [5, 5.41) is 24.8. The number of pyridine rings is 2. The Morgan fingerprint density at radius 3 is 1.63 bits per heavy atom. The molecule has 0 atom stereocenters. The van der Waals surface area contributed by atoms with E-state index in [0.717, 1.165) is 23.0 Å². The van der Waals surface area contributed by atoms with E-state index in [9.17, 15) is 19.8 Å². The van der Waals surface area contributed by atoms with Crippen molar-refractivity contribution >= 4 is 59.5 Å². The van der Waals surface area contributed by atoms with Gasteiger partial charge in [-0.2, -0.15) is 23.5 Å². The van der Waals surface area contributed by atoms with Gasteiger partial charge in [-0.15, -0.1) is 0 Å². The molecule has 0 fully saturated rings. The Bertz CT molecular complexity index is 840. The van der Waals surface area contributed by atoms with Gasteiger partial charge >= 0.3 is 12.1 Å². The number of amides is 4. The first-order valence-corrected chi connectivity index (χ1v) is 15.1. The number of hydrogen-bond donors (Lipinski definition) is 6. The normalized spacial score (nSPS) is 10.5. The predicted molar refractivity (Wildman–Crippen MR) is 147 cm³/mol. The van der Waals surface area contributed by atoms with E-state index >= 15 is 0 Å². The fourth-order valence-corrected chi connectivity index (χ4v) is 5.76. The molecule has 6 N–H and O–H groups in total. The maximum Gasteiger partial charge on any atom is 0.324 e. The number of nitrogens with one attached hydrogen (secondary N) is 4. The molecule has 0 aliphatic rings. The lowest BCUT2D eigenvalue weighted by atomic mass is 10.3. The number of hydrogen-bond acceptors (Lipinski definition) is 10. The molecule has 2 aromatic heterocycles. The van der Waals surface area contributed by atoms with Gasteiger partial charge in [-0.3, -0.25) is 19.4 Å². The van der Waals surface area contributed by atoms with Crippen LogP contribution in [0.3, 0.4) is 0 Å². The third kappa shape index (κ3) is 13.5. The summed E-state index contributed by atoms with van der Waals surface area (Å²) >= 11 is 5.90. The van der Waals surface area contributed by atoms with Crippen molar-refractivity contribution in [1.82, 2.24) is 30.0 Å². The van der Waals surface area contributed by atoms with E-state index in [4.69, 9.17) is 0 Å². The first-order valence-electron chi connectivity index (χ1n) is 10.8. The zero-order valence-electron chi connectivity index (χ0n) is 19.1. The van der Waals surface area contributed by atoms with E-state index in [2.05, 4.69) is 30.0 Å². The molecule has 0 bridgehead atoms. The molecule has 0 aromatic carbocycles. The smallest absolute Gasteiger partial charge is 0.324 e. The average Bonchev–Trinajstić information content (AvgIpc) is 2.85. The van der Waals surface area contributed by atoms with Gasteiger partial charge in [0.25, 0.3) is 0 Å². The summed E-state index contributed by atoms with van der Waals surface area (Å²) < 4.78 is 5.43. The first kappa shape index (κ1) is 29.1. The number of aromatic nitrogens is 2. The molecule has 10 nitrogen and oxygen atoms in total. The number of carbonyl (C=O) groups is 2. The van der Waals surface area contributed by atoms with Crippen molar-refractivity contribution in [3.05, 3.63) is 48.0 Å². The Morgan fingerprint density at radius 1 is 0.743 bits per heavy atom. The zero-order chi connectivity index (χ0) is 25.1. The van der Waals surface area contributed by atoms with Gasteiger partial charge in [0.1, 0.15) is 11.5 Å². The second-order valence-corrected chi connectivity index (χ2v) is 10.8. The van der Waals surface area contributed by atoms with Crippen molar-refractivity contribution in [2.24, 2.45) is 0 Å². The molecule has 2 rings (SSSR count). The summed E-state index contributed by atoms with van der Waals surface area (Å²) in [4.78, 5) is 31.8. The van der Waals surface area contributed by atoms with Crippen molar-refractivity contribution in [2.45, 2.75) is 17.9 Å². The topological polar surface area (TPSA) is 148 Å². The Kier molecular flexibility index (Phi) is 15.1. The highest BCUT2D eigenvalue weighted by atomic mass is 32.2.